The number of hydrogen-bond acceptors (Lipinski definition) is 7. The number of para-hydroxylation sites is 1. The normalized spacial score (nSPS) is 18.3. The number of benzene rings is 2. The molecule has 0 saturated carbocycles. The maximum absolute atomic E-state index is 13.3. The first-order valence-corrected chi connectivity index (χ1v) is 12.1. The Labute approximate surface area is 208 Å². The van der Waals surface area contributed by atoms with Crippen LogP contribution in [0, 0.1) is 12.8 Å². The van der Waals surface area contributed by atoms with Crippen LogP contribution in [0.3, 0.4) is 0 Å². The quantitative estimate of drug-likeness (QED) is 0.440. The number of piperazine rings is 1. The maximum Gasteiger partial charge on any atom is 0.228 e. The van der Waals surface area contributed by atoms with Crippen LogP contribution in [-0.4, -0.2) is 74.4 Å². The summed E-state index contributed by atoms with van der Waals surface area (Å²) in [7, 11) is 0. The summed E-state index contributed by atoms with van der Waals surface area (Å²) in [6, 6.07) is 17.6. The predicted molar refractivity (Wildman–Crippen MR) is 135 cm³/mol. The number of rotatable bonds is 4. The smallest absolute Gasteiger partial charge is 0.228 e. The highest BCUT2D eigenvalue weighted by Gasteiger charge is 2.38. The van der Waals surface area contributed by atoms with Gasteiger partial charge in [-0.1, -0.05) is 41.1 Å². The van der Waals surface area contributed by atoms with Crippen molar-refractivity contribution < 1.29 is 9.59 Å². The van der Waals surface area contributed by atoms with Gasteiger partial charge in [-0.15, -0.1) is 5.10 Å². The van der Waals surface area contributed by atoms with Crippen LogP contribution in [0.4, 0.5) is 11.5 Å². The number of aromatic nitrogens is 5. The van der Waals surface area contributed by atoms with Gasteiger partial charge in [0, 0.05) is 44.8 Å². The summed E-state index contributed by atoms with van der Waals surface area (Å²) >= 11 is 0. The topological polar surface area (TPSA) is 100 Å². The van der Waals surface area contributed by atoms with E-state index < -0.39 is 0 Å². The van der Waals surface area contributed by atoms with E-state index >= 15 is 0 Å². The fourth-order valence-electron chi connectivity index (χ4n) is 4.96. The van der Waals surface area contributed by atoms with Crippen LogP contribution < -0.4 is 9.80 Å². The molecule has 36 heavy (non-hydrogen) atoms. The van der Waals surface area contributed by atoms with Crippen molar-refractivity contribution >= 4 is 34.5 Å². The van der Waals surface area contributed by atoms with Gasteiger partial charge in [-0.2, -0.15) is 4.68 Å². The number of aryl methyl sites for hydroxylation is 1. The molecule has 0 unspecified atom stereocenters. The lowest BCUT2D eigenvalue weighted by atomic mass is 10.1. The molecular weight excluding hydrogens is 456 g/mol. The molecule has 2 aliphatic rings. The highest BCUT2D eigenvalue weighted by Crippen LogP contribution is 2.28. The van der Waals surface area contributed by atoms with Gasteiger partial charge in [0.15, 0.2) is 17.0 Å². The Kier molecular flexibility index (Phi) is 5.55. The van der Waals surface area contributed by atoms with Crippen LogP contribution in [0.2, 0.25) is 0 Å². The lowest BCUT2D eigenvalue weighted by Crippen LogP contribution is -2.51. The molecule has 4 aromatic rings. The fraction of sp³-hybridized carbons (Fsp3) is 0.308. The molecule has 182 valence electrons. The number of fused-ring (bicyclic) bond motifs is 1. The molecule has 2 fully saturated rings. The number of hydrogen-bond donors (Lipinski definition) is 0. The van der Waals surface area contributed by atoms with Crippen molar-refractivity contribution in [3.63, 3.8) is 0 Å². The van der Waals surface area contributed by atoms with E-state index in [1.54, 1.807) is 9.58 Å². The lowest BCUT2D eigenvalue weighted by Gasteiger charge is -2.36. The summed E-state index contributed by atoms with van der Waals surface area (Å²) in [6.07, 6.45) is 1.78. The van der Waals surface area contributed by atoms with Gasteiger partial charge in [0.2, 0.25) is 11.8 Å². The van der Waals surface area contributed by atoms with E-state index in [4.69, 9.17) is 0 Å². The van der Waals surface area contributed by atoms with Crippen LogP contribution in [0.1, 0.15) is 12.0 Å². The molecule has 2 saturated heterocycles. The Morgan fingerprint density at radius 2 is 1.67 bits per heavy atom. The Morgan fingerprint density at radius 1 is 0.917 bits per heavy atom. The van der Waals surface area contributed by atoms with Crippen LogP contribution in [0.15, 0.2) is 60.9 Å². The van der Waals surface area contributed by atoms with Gasteiger partial charge >= 0.3 is 0 Å². The number of nitrogens with zero attached hydrogens (tertiary/aromatic N) is 8. The van der Waals surface area contributed by atoms with Crippen molar-refractivity contribution in [1.82, 2.24) is 29.9 Å². The molecule has 2 aromatic heterocycles. The zero-order valence-corrected chi connectivity index (χ0v) is 20.0. The van der Waals surface area contributed by atoms with Gasteiger partial charge in [-0.05, 0) is 31.2 Å². The summed E-state index contributed by atoms with van der Waals surface area (Å²) in [5.41, 5.74) is 4.15. The van der Waals surface area contributed by atoms with E-state index in [-0.39, 0.29) is 24.2 Å². The van der Waals surface area contributed by atoms with Gasteiger partial charge in [0.1, 0.15) is 6.33 Å². The monoisotopic (exact) mass is 482 g/mol. The highest BCUT2D eigenvalue weighted by atomic mass is 16.2. The Bertz CT molecular complexity index is 1410. The van der Waals surface area contributed by atoms with Gasteiger partial charge in [-0.3, -0.25) is 9.59 Å². The molecule has 0 N–H and O–H groups in total. The Morgan fingerprint density at radius 3 is 2.42 bits per heavy atom. The first-order valence-electron chi connectivity index (χ1n) is 12.1. The van der Waals surface area contributed by atoms with Crippen LogP contribution in [0.25, 0.3) is 16.9 Å². The van der Waals surface area contributed by atoms with Gasteiger partial charge in [0.05, 0.1) is 11.6 Å². The minimum absolute atomic E-state index is 0.000666. The summed E-state index contributed by atoms with van der Waals surface area (Å²) in [5, 5.41) is 8.66. The third-order valence-corrected chi connectivity index (χ3v) is 6.93. The van der Waals surface area contributed by atoms with Crippen molar-refractivity contribution in [3.05, 3.63) is 66.5 Å². The molecule has 0 bridgehead atoms. The average Bonchev–Trinajstić information content (AvgIpc) is 3.53. The van der Waals surface area contributed by atoms with Gasteiger partial charge < -0.3 is 14.7 Å². The largest absolute Gasteiger partial charge is 0.351 e. The molecule has 6 rings (SSSR count). The number of amides is 2. The average molecular weight is 483 g/mol. The standard InChI is InChI=1S/C26H26N8O2/c1-18-7-9-20(10-8-18)33-16-19(15-22(33)35)26(36)32-13-11-31(12-14-32)24-23-25(28-17-27-24)34(30-29-23)21-5-3-2-4-6-21/h2-10,17,19H,11-16H2,1H3/t19-/m0/s1. The maximum atomic E-state index is 13.3. The zero-order valence-electron chi connectivity index (χ0n) is 20.0. The number of carbonyl (C=O) groups is 2. The molecule has 4 heterocycles. The molecule has 0 radical (unpaired) electrons. The molecule has 2 amide bonds. The van der Waals surface area contributed by atoms with Crippen molar-refractivity contribution in [2.75, 3.05) is 42.5 Å². The third kappa shape index (κ3) is 3.94. The Hall–Kier alpha value is -4.34. The first-order chi connectivity index (χ1) is 17.6. The van der Waals surface area contributed by atoms with Crippen molar-refractivity contribution in [1.29, 1.82) is 0 Å². The van der Waals surface area contributed by atoms with E-state index in [1.165, 1.54) is 6.33 Å². The third-order valence-electron chi connectivity index (χ3n) is 6.93. The molecule has 2 aliphatic heterocycles. The molecule has 0 aliphatic carbocycles. The van der Waals surface area contributed by atoms with E-state index in [0.717, 1.165) is 22.8 Å². The molecular formula is C26H26N8O2. The Balaban J connectivity index is 1.13. The number of anilines is 2. The van der Waals surface area contributed by atoms with Crippen molar-refractivity contribution in [2.45, 2.75) is 13.3 Å². The van der Waals surface area contributed by atoms with E-state index in [1.807, 2.05) is 66.4 Å². The second-order valence-corrected chi connectivity index (χ2v) is 9.26. The second-order valence-electron chi connectivity index (χ2n) is 9.26. The van der Waals surface area contributed by atoms with Crippen molar-refractivity contribution in [2.24, 2.45) is 5.92 Å². The van der Waals surface area contributed by atoms with Gasteiger partial charge in [0.25, 0.3) is 0 Å². The van der Waals surface area contributed by atoms with Crippen molar-refractivity contribution in [3.8, 4) is 5.69 Å². The second kappa shape index (κ2) is 9.03. The highest BCUT2D eigenvalue weighted by molar-refractivity contribution is 6.00. The first kappa shape index (κ1) is 22.1. The summed E-state index contributed by atoms with van der Waals surface area (Å²) in [5.74, 6) is 0.443. The van der Waals surface area contributed by atoms with E-state index in [2.05, 4.69) is 25.2 Å². The summed E-state index contributed by atoms with van der Waals surface area (Å²) in [4.78, 5) is 40.5. The molecule has 2 aromatic carbocycles. The van der Waals surface area contributed by atoms with Crippen LogP contribution in [-0.2, 0) is 9.59 Å². The zero-order chi connectivity index (χ0) is 24.6. The van der Waals surface area contributed by atoms with Crippen LogP contribution >= 0.6 is 0 Å². The summed E-state index contributed by atoms with van der Waals surface area (Å²) in [6.45, 7) is 4.81. The molecule has 10 nitrogen and oxygen atoms in total. The minimum atomic E-state index is -0.318. The fourth-order valence-corrected chi connectivity index (χ4v) is 4.96. The van der Waals surface area contributed by atoms with E-state index in [9.17, 15) is 9.59 Å². The van der Waals surface area contributed by atoms with Gasteiger partial charge in [-0.25, -0.2) is 9.97 Å². The minimum Gasteiger partial charge on any atom is -0.351 e. The lowest BCUT2D eigenvalue weighted by molar-refractivity contribution is -0.136. The molecule has 0 spiro atoms. The number of carbonyl (C=O) groups excluding carboxylic acids is 2. The van der Waals surface area contributed by atoms with E-state index in [0.29, 0.717) is 43.9 Å². The SMILES string of the molecule is Cc1ccc(N2C[C@@H](C(=O)N3CCN(c4ncnc5c4nnn5-c4ccccc4)CC3)CC2=O)cc1. The summed E-state index contributed by atoms with van der Waals surface area (Å²) < 4.78 is 1.71. The molecule has 1 atom stereocenters. The van der Waals surface area contributed by atoms with Crippen LogP contribution in [0.5, 0.6) is 0 Å². The predicted octanol–water partition coefficient (Wildman–Crippen LogP) is 2.22. The molecule has 10 heteroatoms.